The van der Waals surface area contributed by atoms with E-state index in [0.29, 0.717) is 24.0 Å². The van der Waals surface area contributed by atoms with Gasteiger partial charge in [-0.05, 0) is 38.4 Å². The van der Waals surface area contributed by atoms with Crippen molar-refractivity contribution in [2.45, 2.75) is 0 Å². The molecule has 0 saturated heterocycles. The van der Waals surface area contributed by atoms with Crippen molar-refractivity contribution in [1.29, 1.82) is 0 Å². The summed E-state index contributed by atoms with van der Waals surface area (Å²) in [7, 11) is 5.45. The van der Waals surface area contributed by atoms with Crippen LogP contribution in [-0.4, -0.2) is 50.1 Å². The third kappa shape index (κ3) is 4.74. The lowest BCUT2D eigenvalue weighted by molar-refractivity contribution is 0.0981. The van der Waals surface area contributed by atoms with Gasteiger partial charge in [0.25, 0.3) is 5.91 Å². The molecule has 3 aromatic rings. The molecule has 27 heavy (non-hydrogen) atoms. The summed E-state index contributed by atoms with van der Waals surface area (Å²) in [6, 6.07) is 11.6. The highest BCUT2D eigenvalue weighted by molar-refractivity contribution is 7.22. The van der Waals surface area contributed by atoms with Crippen LogP contribution in [0, 0.1) is 5.82 Å². The highest BCUT2D eigenvalue weighted by Crippen LogP contribution is 2.32. The molecule has 1 aromatic heterocycles. The Morgan fingerprint density at radius 1 is 1.19 bits per heavy atom. The summed E-state index contributed by atoms with van der Waals surface area (Å²) in [5.74, 6) is -0.222. The molecule has 0 spiro atoms. The molecular weight excluding hydrogens is 389 g/mol. The van der Waals surface area contributed by atoms with Crippen molar-refractivity contribution in [3.8, 4) is 5.75 Å². The maximum atomic E-state index is 14.1. The largest absolute Gasteiger partial charge is 0.497 e. The second kappa shape index (κ2) is 9.12. The molecule has 0 saturated carbocycles. The second-order valence-corrected chi connectivity index (χ2v) is 7.08. The molecular formula is C19H21ClFN3O2S. The number of benzene rings is 2. The number of thiazole rings is 1. The molecule has 0 bridgehead atoms. The molecule has 0 aliphatic carbocycles. The van der Waals surface area contributed by atoms with Gasteiger partial charge in [0.15, 0.2) is 5.13 Å². The van der Waals surface area contributed by atoms with Gasteiger partial charge in [0.05, 0.1) is 22.9 Å². The number of rotatable bonds is 6. The van der Waals surface area contributed by atoms with E-state index in [9.17, 15) is 9.18 Å². The van der Waals surface area contributed by atoms with Gasteiger partial charge in [0.1, 0.15) is 11.6 Å². The second-order valence-electron chi connectivity index (χ2n) is 6.07. The highest BCUT2D eigenvalue weighted by Gasteiger charge is 2.23. The summed E-state index contributed by atoms with van der Waals surface area (Å²) in [6.07, 6.45) is 0. The van der Waals surface area contributed by atoms with E-state index in [0.717, 1.165) is 10.2 Å². The number of aromatic nitrogens is 1. The van der Waals surface area contributed by atoms with Crippen LogP contribution in [0.5, 0.6) is 5.75 Å². The van der Waals surface area contributed by atoms with Gasteiger partial charge in [0, 0.05) is 19.2 Å². The molecule has 0 fully saturated rings. The average Bonchev–Trinajstić information content (AvgIpc) is 3.04. The highest BCUT2D eigenvalue weighted by atomic mass is 35.5. The van der Waals surface area contributed by atoms with Crippen molar-refractivity contribution in [2.24, 2.45) is 0 Å². The topological polar surface area (TPSA) is 45.7 Å². The van der Waals surface area contributed by atoms with Crippen LogP contribution < -0.4 is 9.64 Å². The van der Waals surface area contributed by atoms with Gasteiger partial charge < -0.3 is 9.64 Å². The third-order valence-corrected chi connectivity index (χ3v) is 4.99. The number of carbonyl (C=O) groups excluding carboxylic acids is 1. The Bertz CT molecular complexity index is 932. The Labute approximate surface area is 167 Å². The van der Waals surface area contributed by atoms with Crippen LogP contribution in [0.4, 0.5) is 9.52 Å². The van der Waals surface area contributed by atoms with Crippen LogP contribution >= 0.6 is 23.7 Å². The molecule has 5 nitrogen and oxygen atoms in total. The number of methoxy groups -OCH3 is 1. The van der Waals surface area contributed by atoms with E-state index in [1.807, 2.05) is 37.2 Å². The molecule has 0 atom stereocenters. The first-order valence-electron chi connectivity index (χ1n) is 8.15. The maximum Gasteiger partial charge on any atom is 0.263 e. The molecule has 2 aromatic carbocycles. The number of hydrogen-bond donors (Lipinski definition) is 0. The lowest BCUT2D eigenvalue weighted by atomic mass is 10.2. The van der Waals surface area contributed by atoms with E-state index < -0.39 is 11.7 Å². The number of amides is 1. The van der Waals surface area contributed by atoms with Gasteiger partial charge in [0.2, 0.25) is 0 Å². The van der Waals surface area contributed by atoms with Crippen molar-refractivity contribution in [2.75, 3.05) is 39.2 Å². The third-order valence-electron chi connectivity index (χ3n) is 3.93. The molecule has 0 aliphatic rings. The first kappa shape index (κ1) is 21.1. The average molecular weight is 410 g/mol. The van der Waals surface area contributed by atoms with Gasteiger partial charge in [-0.25, -0.2) is 9.37 Å². The summed E-state index contributed by atoms with van der Waals surface area (Å²) < 4.78 is 20.3. The van der Waals surface area contributed by atoms with Crippen molar-refractivity contribution in [3.05, 3.63) is 53.8 Å². The summed E-state index contributed by atoms with van der Waals surface area (Å²) in [5.41, 5.74) is 0.795. The standard InChI is InChI=1S/C19H20FN3O2S.ClH/c1-22(2)10-11-23(18(24)14-6-4-5-7-15(14)20)19-21-16-12-13(25-3)8-9-17(16)26-19;/h4-9,12H,10-11H2,1-3H3;1H. The minimum Gasteiger partial charge on any atom is -0.497 e. The lowest BCUT2D eigenvalue weighted by Crippen LogP contribution is -2.37. The zero-order valence-electron chi connectivity index (χ0n) is 15.3. The van der Waals surface area contributed by atoms with Crippen molar-refractivity contribution < 1.29 is 13.9 Å². The fraction of sp³-hybridized carbons (Fsp3) is 0.263. The van der Waals surface area contributed by atoms with Gasteiger partial charge >= 0.3 is 0 Å². The van der Waals surface area contributed by atoms with Crippen molar-refractivity contribution in [1.82, 2.24) is 9.88 Å². The Morgan fingerprint density at radius 3 is 2.59 bits per heavy atom. The molecule has 1 heterocycles. The number of ether oxygens (including phenoxy) is 1. The zero-order valence-corrected chi connectivity index (χ0v) is 16.9. The lowest BCUT2D eigenvalue weighted by Gasteiger charge is -2.22. The molecule has 0 N–H and O–H groups in total. The van der Waals surface area contributed by atoms with Crippen LogP contribution in [0.2, 0.25) is 0 Å². The molecule has 144 valence electrons. The molecule has 3 rings (SSSR count). The van der Waals surface area contributed by atoms with Gasteiger partial charge in [-0.3, -0.25) is 9.69 Å². The van der Waals surface area contributed by atoms with E-state index >= 15 is 0 Å². The Kier molecular flexibility index (Phi) is 7.12. The molecule has 8 heteroatoms. The number of anilines is 1. The first-order valence-corrected chi connectivity index (χ1v) is 8.97. The van der Waals surface area contributed by atoms with Gasteiger partial charge in [-0.1, -0.05) is 23.5 Å². The Morgan fingerprint density at radius 2 is 1.93 bits per heavy atom. The number of nitrogens with zero attached hydrogens (tertiary/aromatic N) is 3. The Hall–Kier alpha value is -2.22. The van der Waals surface area contributed by atoms with Crippen LogP contribution in [-0.2, 0) is 0 Å². The van der Waals surface area contributed by atoms with Crippen molar-refractivity contribution >= 4 is 45.0 Å². The summed E-state index contributed by atoms with van der Waals surface area (Å²) in [6.45, 7) is 1.05. The molecule has 1 amide bonds. The quantitative estimate of drug-likeness (QED) is 0.615. The number of hydrogen-bond acceptors (Lipinski definition) is 5. The Balaban J connectivity index is 0.00000261. The van der Waals surface area contributed by atoms with Crippen LogP contribution in [0.15, 0.2) is 42.5 Å². The van der Waals surface area contributed by atoms with E-state index in [2.05, 4.69) is 4.98 Å². The van der Waals surface area contributed by atoms with Gasteiger partial charge in [-0.2, -0.15) is 0 Å². The predicted octanol–water partition coefficient (Wildman–Crippen LogP) is 4.07. The minimum atomic E-state index is -0.532. The van der Waals surface area contributed by atoms with E-state index in [1.165, 1.54) is 28.4 Å². The minimum absolute atomic E-state index is 0. The number of carbonyl (C=O) groups is 1. The maximum absolute atomic E-state index is 14.1. The van der Waals surface area contributed by atoms with Crippen LogP contribution in [0.1, 0.15) is 10.4 Å². The fourth-order valence-corrected chi connectivity index (χ4v) is 3.47. The van der Waals surface area contributed by atoms with Crippen molar-refractivity contribution in [3.63, 3.8) is 0 Å². The number of fused-ring (bicyclic) bond motifs is 1. The monoisotopic (exact) mass is 409 g/mol. The zero-order chi connectivity index (χ0) is 18.7. The van der Waals surface area contributed by atoms with E-state index in [4.69, 9.17) is 4.74 Å². The van der Waals surface area contributed by atoms with E-state index in [1.54, 1.807) is 19.2 Å². The summed E-state index contributed by atoms with van der Waals surface area (Å²) in [5, 5.41) is 0.545. The van der Waals surface area contributed by atoms with Crippen LogP contribution in [0.3, 0.4) is 0 Å². The van der Waals surface area contributed by atoms with E-state index in [-0.39, 0.29) is 18.0 Å². The fourth-order valence-electron chi connectivity index (χ4n) is 2.50. The molecule has 0 aliphatic heterocycles. The summed E-state index contributed by atoms with van der Waals surface area (Å²) in [4.78, 5) is 21.1. The SMILES string of the molecule is COc1ccc2sc(N(CCN(C)C)C(=O)c3ccccc3F)nc2c1.Cl. The predicted molar refractivity (Wildman–Crippen MR) is 110 cm³/mol. The number of halogens is 2. The number of likely N-dealkylation sites (N-methyl/N-ethyl adjacent to an activating group) is 1. The molecule has 0 unspecified atom stereocenters. The molecule has 0 radical (unpaired) electrons. The van der Waals surface area contributed by atoms with Crippen LogP contribution in [0.25, 0.3) is 10.2 Å². The first-order chi connectivity index (χ1) is 12.5. The van der Waals surface area contributed by atoms with Gasteiger partial charge in [-0.15, -0.1) is 12.4 Å². The summed E-state index contributed by atoms with van der Waals surface area (Å²) >= 11 is 1.40. The smallest absolute Gasteiger partial charge is 0.263 e. The normalized spacial score (nSPS) is 10.7.